The van der Waals surface area contributed by atoms with E-state index in [1.165, 1.54) is 18.2 Å². The molecule has 0 aliphatic rings. The quantitative estimate of drug-likeness (QED) is 0.660. The molecule has 1 aromatic carbocycles. The standard InChI is InChI=1S/C13H14N4O3/c1-3-9-7-14-16-12(9)15-13(18)11-5-4-10(17(19)20)6-8(11)2/h4-7H,3H2,1-2H3,(H2,14,15,16,18). The number of nitro groups is 1. The highest BCUT2D eigenvalue weighted by molar-refractivity contribution is 6.05. The summed E-state index contributed by atoms with van der Waals surface area (Å²) in [5.74, 6) is 0.228. The second-order valence-electron chi connectivity index (χ2n) is 4.33. The number of anilines is 1. The SMILES string of the molecule is CCc1cn[nH]c1NC(=O)c1ccc([N+](=O)[O-])cc1C. The minimum Gasteiger partial charge on any atom is -0.307 e. The molecule has 1 amide bonds. The van der Waals surface area contributed by atoms with Crippen molar-refractivity contribution in [3.05, 3.63) is 51.2 Å². The van der Waals surface area contributed by atoms with Gasteiger partial charge in [0.25, 0.3) is 11.6 Å². The van der Waals surface area contributed by atoms with E-state index in [2.05, 4.69) is 15.5 Å². The van der Waals surface area contributed by atoms with Crippen LogP contribution in [0.4, 0.5) is 11.5 Å². The number of hydrogen-bond acceptors (Lipinski definition) is 4. The Balaban J connectivity index is 2.24. The zero-order valence-corrected chi connectivity index (χ0v) is 11.1. The van der Waals surface area contributed by atoms with Gasteiger partial charge in [0.2, 0.25) is 0 Å². The largest absolute Gasteiger partial charge is 0.307 e. The van der Waals surface area contributed by atoms with Crippen molar-refractivity contribution in [3.8, 4) is 0 Å². The summed E-state index contributed by atoms with van der Waals surface area (Å²) in [4.78, 5) is 22.3. The molecule has 0 saturated carbocycles. The monoisotopic (exact) mass is 274 g/mol. The Bertz CT molecular complexity index is 663. The van der Waals surface area contributed by atoms with Crippen LogP contribution in [0.3, 0.4) is 0 Å². The number of rotatable bonds is 4. The van der Waals surface area contributed by atoms with Crippen LogP contribution in [-0.2, 0) is 6.42 Å². The van der Waals surface area contributed by atoms with Crippen molar-refractivity contribution in [1.29, 1.82) is 0 Å². The lowest BCUT2D eigenvalue weighted by molar-refractivity contribution is -0.384. The summed E-state index contributed by atoms with van der Waals surface area (Å²) in [7, 11) is 0. The second-order valence-corrected chi connectivity index (χ2v) is 4.33. The number of H-pyrrole nitrogens is 1. The molecule has 104 valence electrons. The van der Waals surface area contributed by atoms with E-state index in [0.29, 0.717) is 16.9 Å². The summed E-state index contributed by atoms with van der Waals surface area (Å²) in [5, 5.41) is 20.0. The molecule has 7 nitrogen and oxygen atoms in total. The van der Waals surface area contributed by atoms with Crippen LogP contribution in [0.2, 0.25) is 0 Å². The molecule has 0 spiro atoms. The van der Waals surface area contributed by atoms with Gasteiger partial charge in [0.1, 0.15) is 5.82 Å². The van der Waals surface area contributed by atoms with Gasteiger partial charge < -0.3 is 5.32 Å². The zero-order chi connectivity index (χ0) is 14.7. The number of carbonyl (C=O) groups excluding carboxylic acids is 1. The third kappa shape index (κ3) is 2.66. The van der Waals surface area contributed by atoms with Gasteiger partial charge >= 0.3 is 0 Å². The molecule has 0 aliphatic heterocycles. The third-order valence-corrected chi connectivity index (χ3v) is 3.00. The van der Waals surface area contributed by atoms with Gasteiger partial charge in [-0.1, -0.05) is 6.92 Å². The summed E-state index contributed by atoms with van der Waals surface area (Å²) in [6, 6.07) is 4.14. The van der Waals surface area contributed by atoms with Crippen molar-refractivity contribution in [2.24, 2.45) is 0 Å². The molecular formula is C13H14N4O3. The summed E-state index contributed by atoms with van der Waals surface area (Å²) in [6.07, 6.45) is 2.39. The third-order valence-electron chi connectivity index (χ3n) is 3.00. The fourth-order valence-electron chi connectivity index (χ4n) is 1.88. The van der Waals surface area contributed by atoms with Crippen LogP contribution in [-0.4, -0.2) is 21.0 Å². The van der Waals surface area contributed by atoms with Crippen molar-refractivity contribution >= 4 is 17.4 Å². The number of aromatic amines is 1. The van der Waals surface area contributed by atoms with Crippen LogP contribution in [0.15, 0.2) is 24.4 Å². The van der Waals surface area contributed by atoms with Crippen molar-refractivity contribution in [2.45, 2.75) is 20.3 Å². The first-order valence-corrected chi connectivity index (χ1v) is 6.11. The zero-order valence-electron chi connectivity index (χ0n) is 11.1. The number of hydrogen-bond donors (Lipinski definition) is 2. The van der Waals surface area contributed by atoms with Gasteiger partial charge in [-0.15, -0.1) is 0 Å². The molecule has 0 aliphatic carbocycles. The van der Waals surface area contributed by atoms with Crippen LogP contribution in [0, 0.1) is 17.0 Å². The van der Waals surface area contributed by atoms with Gasteiger partial charge in [-0.05, 0) is 25.0 Å². The molecule has 20 heavy (non-hydrogen) atoms. The Labute approximate surface area is 115 Å². The lowest BCUT2D eigenvalue weighted by Gasteiger charge is -2.07. The number of aryl methyl sites for hydroxylation is 2. The maximum Gasteiger partial charge on any atom is 0.269 e. The Morgan fingerprint density at radius 1 is 1.50 bits per heavy atom. The first kappa shape index (κ1) is 13.7. The molecule has 0 unspecified atom stereocenters. The fourth-order valence-corrected chi connectivity index (χ4v) is 1.88. The molecule has 0 atom stereocenters. The first-order chi connectivity index (χ1) is 9.52. The molecule has 2 aromatic rings. The average Bonchev–Trinajstić information content (AvgIpc) is 2.85. The van der Waals surface area contributed by atoms with E-state index in [9.17, 15) is 14.9 Å². The molecule has 0 radical (unpaired) electrons. The smallest absolute Gasteiger partial charge is 0.269 e. The van der Waals surface area contributed by atoms with E-state index in [1.54, 1.807) is 13.1 Å². The predicted molar refractivity (Wildman–Crippen MR) is 73.8 cm³/mol. The van der Waals surface area contributed by atoms with Crippen LogP contribution in [0.1, 0.15) is 28.4 Å². The highest BCUT2D eigenvalue weighted by Gasteiger charge is 2.15. The highest BCUT2D eigenvalue weighted by Crippen LogP contribution is 2.19. The van der Waals surface area contributed by atoms with Crippen molar-refractivity contribution in [1.82, 2.24) is 10.2 Å². The topological polar surface area (TPSA) is 101 Å². The number of non-ortho nitro benzene ring substituents is 1. The minimum atomic E-state index is -0.487. The van der Waals surface area contributed by atoms with Crippen molar-refractivity contribution < 1.29 is 9.72 Å². The molecule has 1 aromatic heterocycles. The van der Waals surface area contributed by atoms with Gasteiger partial charge in [0.15, 0.2) is 0 Å². The Morgan fingerprint density at radius 3 is 2.85 bits per heavy atom. The van der Waals surface area contributed by atoms with Crippen LogP contribution in [0.25, 0.3) is 0 Å². The molecule has 0 bridgehead atoms. The Morgan fingerprint density at radius 2 is 2.25 bits per heavy atom. The number of nitrogens with zero attached hydrogens (tertiary/aromatic N) is 2. The van der Waals surface area contributed by atoms with Gasteiger partial charge in [-0.2, -0.15) is 5.10 Å². The molecule has 1 heterocycles. The van der Waals surface area contributed by atoms with Crippen LogP contribution >= 0.6 is 0 Å². The second kappa shape index (κ2) is 5.52. The number of carbonyl (C=O) groups is 1. The van der Waals surface area contributed by atoms with E-state index in [-0.39, 0.29) is 11.6 Å². The first-order valence-electron chi connectivity index (χ1n) is 6.11. The summed E-state index contributed by atoms with van der Waals surface area (Å²) in [5.41, 5.74) is 1.81. The highest BCUT2D eigenvalue weighted by atomic mass is 16.6. The fraction of sp³-hybridized carbons (Fsp3) is 0.231. The number of nitrogens with one attached hydrogen (secondary N) is 2. The number of aromatic nitrogens is 2. The van der Waals surface area contributed by atoms with Crippen LogP contribution < -0.4 is 5.32 Å². The predicted octanol–water partition coefficient (Wildman–Crippen LogP) is 2.44. The maximum absolute atomic E-state index is 12.2. The minimum absolute atomic E-state index is 0.0326. The Hall–Kier alpha value is -2.70. The van der Waals surface area contributed by atoms with Gasteiger partial charge in [-0.3, -0.25) is 20.0 Å². The molecule has 7 heteroatoms. The van der Waals surface area contributed by atoms with Gasteiger partial charge in [0, 0.05) is 23.3 Å². The molecule has 2 N–H and O–H groups in total. The lowest BCUT2D eigenvalue weighted by atomic mass is 10.1. The normalized spacial score (nSPS) is 10.3. The van der Waals surface area contributed by atoms with Crippen molar-refractivity contribution in [3.63, 3.8) is 0 Å². The van der Waals surface area contributed by atoms with E-state index in [4.69, 9.17) is 0 Å². The van der Waals surface area contributed by atoms with Gasteiger partial charge in [0.05, 0.1) is 11.1 Å². The van der Waals surface area contributed by atoms with E-state index in [1.807, 2.05) is 6.92 Å². The van der Waals surface area contributed by atoms with Crippen molar-refractivity contribution in [2.75, 3.05) is 5.32 Å². The van der Waals surface area contributed by atoms with E-state index in [0.717, 1.165) is 12.0 Å². The number of amides is 1. The average molecular weight is 274 g/mol. The summed E-state index contributed by atoms with van der Waals surface area (Å²) >= 11 is 0. The van der Waals surface area contributed by atoms with Crippen LogP contribution in [0.5, 0.6) is 0 Å². The molecule has 0 saturated heterocycles. The van der Waals surface area contributed by atoms with E-state index >= 15 is 0 Å². The molecule has 2 rings (SSSR count). The summed E-state index contributed by atoms with van der Waals surface area (Å²) in [6.45, 7) is 3.62. The molecular weight excluding hydrogens is 260 g/mol. The maximum atomic E-state index is 12.2. The molecule has 0 fully saturated rings. The van der Waals surface area contributed by atoms with Gasteiger partial charge in [-0.25, -0.2) is 0 Å². The number of nitro benzene ring substituents is 1. The van der Waals surface area contributed by atoms with E-state index < -0.39 is 4.92 Å². The lowest BCUT2D eigenvalue weighted by Crippen LogP contribution is -2.14. The number of benzene rings is 1. The Kier molecular flexibility index (Phi) is 3.79. The summed E-state index contributed by atoms with van der Waals surface area (Å²) < 4.78 is 0.